The molecule has 0 aliphatic rings. The number of ether oxygens (including phenoxy) is 1. The van der Waals surface area contributed by atoms with Crippen LogP contribution in [-0.4, -0.2) is 5.91 Å². The fraction of sp³-hybridized carbons (Fsp3) is 0.0800. The maximum absolute atomic E-state index is 12.4. The molecule has 6 nitrogen and oxygen atoms in total. The van der Waals surface area contributed by atoms with E-state index in [0.717, 1.165) is 16.5 Å². The number of aryl methyl sites for hydroxylation is 1. The average Bonchev–Trinajstić information content (AvgIpc) is 2.77. The van der Waals surface area contributed by atoms with Crippen molar-refractivity contribution in [2.45, 2.75) is 13.5 Å². The molecule has 1 heterocycles. The molecule has 0 bridgehead atoms. The monoisotopic (exact) mass is 410 g/mol. The molecule has 4 rings (SSSR count). The Kier molecular flexibility index (Phi) is 5.50. The number of hydrogen-bond donors (Lipinski definition) is 1. The summed E-state index contributed by atoms with van der Waals surface area (Å²) in [6, 6.07) is 22.7. The molecule has 1 aromatic heterocycles. The van der Waals surface area contributed by atoms with Gasteiger partial charge in [-0.1, -0.05) is 18.2 Å². The van der Waals surface area contributed by atoms with E-state index in [9.17, 15) is 9.59 Å². The number of fused-ring (bicyclic) bond motifs is 1. The number of rotatable bonds is 5. The van der Waals surface area contributed by atoms with Gasteiger partial charge >= 0.3 is 5.63 Å². The van der Waals surface area contributed by atoms with Gasteiger partial charge in [0.15, 0.2) is 0 Å². The van der Waals surface area contributed by atoms with Crippen LogP contribution in [0.4, 0.5) is 5.69 Å². The summed E-state index contributed by atoms with van der Waals surface area (Å²) in [5, 5.41) is 12.6. The van der Waals surface area contributed by atoms with E-state index < -0.39 is 5.63 Å². The number of benzene rings is 3. The van der Waals surface area contributed by atoms with Crippen molar-refractivity contribution in [1.82, 2.24) is 0 Å². The van der Waals surface area contributed by atoms with Gasteiger partial charge in [0.1, 0.15) is 17.9 Å². The molecule has 0 aliphatic carbocycles. The molecule has 1 N–H and O–H groups in total. The third-order valence-corrected chi connectivity index (χ3v) is 4.79. The highest BCUT2D eigenvalue weighted by Crippen LogP contribution is 2.23. The van der Waals surface area contributed by atoms with Gasteiger partial charge in [-0.3, -0.25) is 4.79 Å². The Bertz CT molecular complexity index is 1370. The van der Waals surface area contributed by atoms with Crippen LogP contribution < -0.4 is 15.7 Å². The van der Waals surface area contributed by atoms with Crippen molar-refractivity contribution in [2.24, 2.45) is 0 Å². The van der Waals surface area contributed by atoms with Gasteiger partial charge in [-0.15, -0.1) is 0 Å². The van der Waals surface area contributed by atoms with Crippen LogP contribution in [0, 0.1) is 18.3 Å². The molecule has 0 unspecified atom stereocenters. The summed E-state index contributed by atoms with van der Waals surface area (Å²) < 4.78 is 11.1. The zero-order chi connectivity index (χ0) is 21.8. The van der Waals surface area contributed by atoms with Crippen LogP contribution in [0.15, 0.2) is 82.0 Å². The Hall–Kier alpha value is -4.37. The first-order valence-electron chi connectivity index (χ1n) is 9.59. The van der Waals surface area contributed by atoms with Gasteiger partial charge in [0.2, 0.25) is 0 Å². The fourth-order valence-corrected chi connectivity index (χ4v) is 3.18. The lowest BCUT2D eigenvalue weighted by Gasteiger charge is -2.09. The van der Waals surface area contributed by atoms with E-state index in [-0.39, 0.29) is 5.91 Å². The molecule has 6 heteroatoms. The standard InChI is InChI=1S/C25H18N2O4/c1-16-11-24(28)31-23-13-21(9-10-22(16)23)30-15-17-5-7-19(8-6-17)25(29)27-20-4-2-3-18(12-20)14-26/h2-13H,15H2,1H3,(H,27,29). The molecule has 0 atom stereocenters. The van der Waals surface area contributed by atoms with Crippen molar-refractivity contribution in [3.8, 4) is 11.8 Å². The highest BCUT2D eigenvalue weighted by atomic mass is 16.5. The second-order valence-corrected chi connectivity index (χ2v) is 7.04. The molecule has 0 spiro atoms. The van der Waals surface area contributed by atoms with Crippen LogP contribution in [-0.2, 0) is 6.61 Å². The predicted octanol–water partition coefficient (Wildman–Crippen LogP) is 4.80. The van der Waals surface area contributed by atoms with Crippen molar-refractivity contribution in [3.63, 3.8) is 0 Å². The molecule has 31 heavy (non-hydrogen) atoms. The van der Waals surface area contributed by atoms with Crippen molar-refractivity contribution >= 4 is 22.6 Å². The third-order valence-electron chi connectivity index (χ3n) is 4.79. The minimum absolute atomic E-state index is 0.262. The molecule has 0 fully saturated rings. The van der Waals surface area contributed by atoms with Gasteiger partial charge in [-0.05, 0) is 60.5 Å². The molecule has 152 valence electrons. The number of carbonyl (C=O) groups excluding carboxylic acids is 1. The second-order valence-electron chi connectivity index (χ2n) is 7.04. The minimum Gasteiger partial charge on any atom is -0.489 e. The summed E-state index contributed by atoms with van der Waals surface area (Å²) in [4.78, 5) is 24.0. The fourth-order valence-electron chi connectivity index (χ4n) is 3.18. The lowest BCUT2D eigenvalue weighted by molar-refractivity contribution is 0.102. The smallest absolute Gasteiger partial charge is 0.336 e. The van der Waals surface area contributed by atoms with Crippen LogP contribution in [0.25, 0.3) is 11.0 Å². The zero-order valence-corrected chi connectivity index (χ0v) is 16.7. The van der Waals surface area contributed by atoms with Crippen LogP contribution in [0.1, 0.15) is 27.0 Å². The van der Waals surface area contributed by atoms with Crippen molar-refractivity contribution in [1.29, 1.82) is 5.26 Å². The minimum atomic E-state index is -0.393. The summed E-state index contributed by atoms with van der Waals surface area (Å²) in [6.07, 6.45) is 0. The van der Waals surface area contributed by atoms with Gasteiger partial charge in [0.25, 0.3) is 5.91 Å². The molecule has 0 radical (unpaired) electrons. The topological polar surface area (TPSA) is 92.3 Å². The normalized spacial score (nSPS) is 10.5. The van der Waals surface area contributed by atoms with Crippen LogP contribution >= 0.6 is 0 Å². The number of nitriles is 1. The molecule has 4 aromatic rings. The Labute approximate surface area is 178 Å². The summed E-state index contributed by atoms with van der Waals surface area (Å²) in [5.41, 5.74) is 3.36. The third kappa shape index (κ3) is 4.62. The van der Waals surface area contributed by atoms with Crippen molar-refractivity contribution in [3.05, 3.63) is 105 Å². The van der Waals surface area contributed by atoms with E-state index in [1.165, 1.54) is 6.07 Å². The zero-order valence-electron chi connectivity index (χ0n) is 16.7. The SMILES string of the molecule is Cc1cc(=O)oc2cc(OCc3ccc(C(=O)Nc4cccc(C#N)c4)cc3)ccc12. The highest BCUT2D eigenvalue weighted by molar-refractivity contribution is 6.04. The quantitative estimate of drug-likeness (QED) is 0.477. The number of nitrogens with one attached hydrogen (secondary N) is 1. The van der Waals surface area contributed by atoms with Crippen molar-refractivity contribution < 1.29 is 13.9 Å². The first kappa shape index (κ1) is 19.9. The molecule has 1 amide bonds. The number of anilines is 1. The van der Waals surface area contributed by atoms with Gasteiger partial charge in [0.05, 0.1) is 11.6 Å². The molecular formula is C25H18N2O4. The van der Waals surface area contributed by atoms with E-state index in [2.05, 4.69) is 5.32 Å². The van der Waals surface area contributed by atoms with E-state index >= 15 is 0 Å². The number of amides is 1. The number of nitrogens with zero attached hydrogens (tertiary/aromatic N) is 1. The van der Waals surface area contributed by atoms with Crippen LogP contribution in [0.3, 0.4) is 0 Å². The van der Waals surface area contributed by atoms with E-state index in [0.29, 0.717) is 34.8 Å². The summed E-state index contributed by atoms with van der Waals surface area (Å²) >= 11 is 0. The Morgan fingerprint density at radius 1 is 1.06 bits per heavy atom. The van der Waals surface area contributed by atoms with E-state index in [1.807, 2.05) is 37.3 Å². The van der Waals surface area contributed by atoms with Gasteiger partial charge in [-0.2, -0.15) is 5.26 Å². The Morgan fingerprint density at radius 2 is 1.87 bits per heavy atom. The summed E-state index contributed by atoms with van der Waals surface area (Å²) in [7, 11) is 0. The number of carbonyl (C=O) groups is 1. The van der Waals surface area contributed by atoms with Crippen molar-refractivity contribution in [2.75, 3.05) is 5.32 Å². The van der Waals surface area contributed by atoms with Crippen LogP contribution in [0.2, 0.25) is 0 Å². The lowest BCUT2D eigenvalue weighted by Crippen LogP contribution is -2.12. The van der Waals surface area contributed by atoms with E-state index in [1.54, 1.807) is 42.5 Å². The van der Waals surface area contributed by atoms with Crippen LogP contribution in [0.5, 0.6) is 5.75 Å². The van der Waals surface area contributed by atoms with Gasteiger partial charge in [-0.25, -0.2) is 4.79 Å². The molecular weight excluding hydrogens is 392 g/mol. The molecule has 3 aromatic carbocycles. The summed E-state index contributed by atoms with van der Waals surface area (Å²) in [5.74, 6) is 0.322. The summed E-state index contributed by atoms with van der Waals surface area (Å²) in [6.45, 7) is 2.16. The maximum Gasteiger partial charge on any atom is 0.336 e. The molecule has 0 saturated carbocycles. The first-order chi connectivity index (χ1) is 15.0. The average molecular weight is 410 g/mol. The second kappa shape index (κ2) is 8.56. The van der Waals surface area contributed by atoms with Gasteiger partial charge < -0.3 is 14.5 Å². The largest absolute Gasteiger partial charge is 0.489 e. The van der Waals surface area contributed by atoms with Gasteiger partial charge in [0, 0.05) is 28.8 Å². The number of hydrogen-bond acceptors (Lipinski definition) is 5. The Morgan fingerprint density at radius 3 is 2.65 bits per heavy atom. The lowest BCUT2D eigenvalue weighted by atomic mass is 10.1. The highest BCUT2D eigenvalue weighted by Gasteiger charge is 2.08. The first-order valence-corrected chi connectivity index (χ1v) is 9.59. The maximum atomic E-state index is 12.4. The molecule has 0 saturated heterocycles. The Balaban J connectivity index is 1.41. The predicted molar refractivity (Wildman–Crippen MR) is 117 cm³/mol. The molecule has 0 aliphatic heterocycles. The van der Waals surface area contributed by atoms with E-state index in [4.69, 9.17) is 14.4 Å².